The fourth-order valence-corrected chi connectivity index (χ4v) is 2.50. The van der Waals surface area contributed by atoms with E-state index < -0.39 is 47.5 Å². The molecule has 0 amide bonds. The number of methoxy groups -OCH3 is 1. The van der Waals surface area contributed by atoms with E-state index >= 15 is 4.39 Å². The van der Waals surface area contributed by atoms with Gasteiger partial charge < -0.3 is 19.9 Å². The third-order valence-electron chi connectivity index (χ3n) is 4.54. The van der Waals surface area contributed by atoms with Gasteiger partial charge in [-0.3, -0.25) is 14.2 Å². The molecule has 0 aromatic carbocycles. The van der Waals surface area contributed by atoms with Gasteiger partial charge in [0.15, 0.2) is 6.10 Å². The number of anilines is 1. The Bertz CT molecular complexity index is 761. The molecule has 0 bridgehead atoms. The zero-order valence-electron chi connectivity index (χ0n) is 17.7. The van der Waals surface area contributed by atoms with E-state index in [1.165, 1.54) is 13.2 Å². The van der Waals surface area contributed by atoms with Crippen molar-refractivity contribution in [2.45, 2.75) is 59.0 Å². The van der Waals surface area contributed by atoms with Crippen LogP contribution < -0.4 is 11.4 Å². The molecule has 0 aliphatic heterocycles. The van der Waals surface area contributed by atoms with Crippen molar-refractivity contribution >= 4 is 17.8 Å². The SMILES string of the molecule is CC[C@](COC(=O)C(C)C)(OC)[C@@H](OC(=O)C(C)C)[C@@H](F)n1ccc(N)nc1=O. The van der Waals surface area contributed by atoms with Gasteiger partial charge in [-0.2, -0.15) is 4.98 Å². The van der Waals surface area contributed by atoms with E-state index in [1.54, 1.807) is 34.6 Å². The van der Waals surface area contributed by atoms with Crippen LogP contribution in [0.5, 0.6) is 0 Å². The fraction of sp³-hybridized carbons (Fsp3) is 0.684. The second-order valence-electron chi connectivity index (χ2n) is 7.31. The number of carbonyl (C=O) groups is 2. The van der Waals surface area contributed by atoms with Crippen molar-refractivity contribution in [2.75, 3.05) is 19.5 Å². The average molecular weight is 415 g/mol. The van der Waals surface area contributed by atoms with Crippen LogP contribution in [0.25, 0.3) is 0 Å². The Labute approximate surface area is 169 Å². The van der Waals surface area contributed by atoms with Gasteiger partial charge in [-0.15, -0.1) is 0 Å². The number of nitrogen functional groups attached to an aromatic ring is 1. The van der Waals surface area contributed by atoms with E-state index in [0.29, 0.717) is 4.57 Å². The fourth-order valence-electron chi connectivity index (χ4n) is 2.50. The van der Waals surface area contributed by atoms with Gasteiger partial charge in [0, 0.05) is 13.3 Å². The summed E-state index contributed by atoms with van der Waals surface area (Å²) in [5, 5.41) is 0. The molecule has 0 fully saturated rings. The first-order valence-corrected chi connectivity index (χ1v) is 9.40. The molecular weight excluding hydrogens is 385 g/mol. The Kier molecular flexibility index (Phi) is 8.75. The summed E-state index contributed by atoms with van der Waals surface area (Å²) >= 11 is 0. The monoisotopic (exact) mass is 415 g/mol. The van der Waals surface area contributed by atoms with E-state index in [-0.39, 0.29) is 18.8 Å². The van der Waals surface area contributed by atoms with Crippen LogP contribution >= 0.6 is 0 Å². The molecule has 9 nitrogen and oxygen atoms in total. The van der Waals surface area contributed by atoms with E-state index in [9.17, 15) is 14.4 Å². The smallest absolute Gasteiger partial charge is 0.351 e. The molecule has 0 spiro atoms. The van der Waals surface area contributed by atoms with Crippen molar-refractivity contribution < 1.29 is 28.2 Å². The Morgan fingerprint density at radius 1 is 1.24 bits per heavy atom. The summed E-state index contributed by atoms with van der Waals surface area (Å²) in [7, 11) is 1.29. The summed E-state index contributed by atoms with van der Waals surface area (Å²) in [6.45, 7) is 7.77. The minimum atomic E-state index is -2.16. The number of carbonyl (C=O) groups excluding carboxylic acids is 2. The number of nitrogens with zero attached hydrogens (tertiary/aromatic N) is 2. The van der Waals surface area contributed by atoms with Gasteiger partial charge in [0.1, 0.15) is 18.0 Å². The highest BCUT2D eigenvalue weighted by Crippen LogP contribution is 2.32. The van der Waals surface area contributed by atoms with Gasteiger partial charge >= 0.3 is 17.6 Å². The molecule has 0 saturated carbocycles. The molecule has 1 aromatic heterocycles. The summed E-state index contributed by atoms with van der Waals surface area (Å²) in [6.07, 6.45) is -2.50. The van der Waals surface area contributed by atoms with Crippen LogP contribution in [-0.4, -0.2) is 46.9 Å². The van der Waals surface area contributed by atoms with Crippen LogP contribution in [0.15, 0.2) is 17.1 Å². The number of hydrogen-bond donors (Lipinski definition) is 1. The first kappa shape index (κ1) is 24.5. The molecule has 10 heteroatoms. The molecule has 2 N–H and O–H groups in total. The zero-order chi connectivity index (χ0) is 22.4. The number of rotatable bonds is 10. The van der Waals surface area contributed by atoms with E-state index in [2.05, 4.69) is 4.98 Å². The maximum atomic E-state index is 15.6. The molecule has 0 aliphatic carbocycles. The highest BCUT2D eigenvalue weighted by Gasteiger charge is 2.48. The second kappa shape index (κ2) is 10.3. The summed E-state index contributed by atoms with van der Waals surface area (Å²) < 4.78 is 32.4. The Hall–Kier alpha value is -2.49. The maximum Gasteiger partial charge on any atom is 0.351 e. The maximum absolute atomic E-state index is 15.6. The molecule has 1 aromatic rings. The van der Waals surface area contributed by atoms with E-state index in [1.807, 2.05) is 0 Å². The lowest BCUT2D eigenvalue weighted by Gasteiger charge is -2.39. The van der Waals surface area contributed by atoms with Gasteiger partial charge in [-0.25, -0.2) is 9.18 Å². The number of ether oxygens (including phenoxy) is 3. The first-order chi connectivity index (χ1) is 13.5. The minimum Gasteiger partial charge on any atom is -0.462 e. The summed E-state index contributed by atoms with van der Waals surface area (Å²) in [5.41, 5.74) is 2.97. The van der Waals surface area contributed by atoms with E-state index in [4.69, 9.17) is 19.9 Å². The van der Waals surface area contributed by atoms with Crippen molar-refractivity contribution in [1.29, 1.82) is 0 Å². The van der Waals surface area contributed by atoms with Gasteiger partial charge in [0.05, 0.1) is 11.8 Å². The lowest BCUT2D eigenvalue weighted by molar-refractivity contribution is -0.206. The van der Waals surface area contributed by atoms with Crippen molar-refractivity contribution in [2.24, 2.45) is 11.8 Å². The topological polar surface area (TPSA) is 123 Å². The molecule has 1 heterocycles. The van der Waals surface area contributed by atoms with Crippen LogP contribution in [0, 0.1) is 11.8 Å². The Morgan fingerprint density at radius 2 is 1.83 bits per heavy atom. The van der Waals surface area contributed by atoms with Gasteiger partial charge in [0.25, 0.3) is 0 Å². The third kappa shape index (κ3) is 5.99. The third-order valence-corrected chi connectivity index (χ3v) is 4.54. The number of alkyl halides is 1. The standard InChI is InChI=1S/C19H30FN3O6/c1-7-19(27-6,10-28-16(24)11(2)3)14(29-17(25)12(4)5)15(20)23-9-8-13(21)22-18(23)26/h8-9,11-12,14-15H,7,10H2,1-6H3,(H2,21,22,26)/t14-,15-,19+/m0/s1. The molecule has 164 valence electrons. The molecular formula is C19H30FN3O6. The second-order valence-corrected chi connectivity index (χ2v) is 7.31. The Morgan fingerprint density at radius 3 is 2.28 bits per heavy atom. The highest BCUT2D eigenvalue weighted by atomic mass is 19.1. The number of hydrogen-bond acceptors (Lipinski definition) is 8. The van der Waals surface area contributed by atoms with Crippen molar-refractivity contribution in [3.8, 4) is 0 Å². The Balaban J connectivity index is 3.39. The lowest BCUT2D eigenvalue weighted by atomic mass is 9.92. The predicted molar refractivity (Wildman–Crippen MR) is 104 cm³/mol. The average Bonchev–Trinajstić information content (AvgIpc) is 2.66. The molecule has 0 saturated heterocycles. The molecule has 3 atom stereocenters. The number of halogens is 1. The minimum absolute atomic E-state index is 0.0754. The van der Waals surface area contributed by atoms with E-state index in [0.717, 1.165) is 6.20 Å². The quantitative estimate of drug-likeness (QED) is 0.575. The molecule has 0 aliphatic rings. The van der Waals surface area contributed by atoms with Crippen LogP contribution in [0.2, 0.25) is 0 Å². The van der Waals surface area contributed by atoms with Gasteiger partial charge in [0.2, 0.25) is 6.30 Å². The van der Waals surface area contributed by atoms with Gasteiger partial charge in [-0.05, 0) is 12.5 Å². The summed E-state index contributed by atoms with van der Waals surface area (Å²) in [4.78, 5) is 39.9. The molecule has 0 radical (unpaired) electrons. The predicted octanol–water partition coefficient (Wildman–Crippen LogP) is 1.86. The van der Waals surface area contributed by atoms with Crippen LogP contribution in [0.1, 0.15) is 47.3 Å². The normalized spacial score (nSPS) is 15.6. The van der Waals surface area contributed by atoms with Crippen molar-refractivity contribution in [3.05, 3.63) is 22.7 Å². The number of nitrogens with two attached hydrogens (primary N) is 1. The first-order valence-electron chi connectivity index (χ1n) is 9.40. The van der Waals surface area contributed by atoms with Crippen LogP contribution in [0.4, 0.5) is 10.2 Å². The lowest BCUT2D eigenvalue weighted by Crippen LogP contribution is -2.54. The zero-order valence-corrected chi connectivity index (χ0v) is 17.7. The summed E-state index contributed by atoms with van der Waals surface area (Å²) in [5.74, 6) is -2.26. The van der Waals surface area contributed by atoms with Crippen LogP contribution in [0.3, 0.4) is 0 Å². The number of aromatic nitrogens is 2. The largest absolute Gasteiger partial charge is 0.462 e. The van der Waals surface area contributed by atoms with Crippen molar-refractivity contribution in [3.63, 3.8) is 0 Å². The molecule has 0 unspecified atom stereocenters. The molecule has 29 heavy (non-hydrogen) atoms. The van der Waals surface area contributed by atoms with Gasteiger partial charge in [-0.1, -0.05) is 34.6 Å². The summed E-state index contributed by atoms with van der Waals surface area (Å²) in [6, 6.07) is 1.24. The number of esters is 2. The highest BCUT2D eigenvalue weighted by molar-refractivity contribution is 5.72. The molecule has 1 rings (SSSR count). The van der Waals surface area contributed by atoms with Crippen molar-refractivity contribution in [1.82, 2.24) is 9.55 Å². The van der Waals surface area contributed by atoms with Crippen LogP contribution in [-0.2, 0) is 23.8 Å².